The maximum atomic E-state index is 11.9. The first-order valence-electron chi connectivity index (χ1n) is 7.81. The molecule has 0 unspecified atom stereocenters. The third kappa shape index (κ3) is 4.92. The van der Waals surface area contributed by atoms with E-state index in [0.717, 1.165) is 5.56 Å². The molecule has 2 N–H and O–H groups in total. The number of nitrogens with zero attached hydrogens (tertiary/aromatic N) is 2. The monoisotopic (exact) mass is 330 g/mol. The average molecular weight is 330 g/mol. The number of esters is 1. The summed E-state index contributed by atoms with van der Waals surface area (Å²) in [5.74, 6) is -0.519. The predicted octanol–water partition coefficient (Wildman–Crippen LogP) is 1.00. The van der Waals surface area contributed by atoms with E-state index >= 15 is 0 Å². The Labute approximate surface area is 141 Å². The lowest BCUT2D eigenvalue weighted by Crippen LogP contribution is -2.33. The lowest BCUT2D eigenvalue weighted by Gasteiger charge is -2.09. The fraction of sp³-hybridized carbons (Fsp3) is 0.353. The topological polar surface area (TPSA) is 85.2 Å². The summed E-state index contributed by atoms with van der Waals surface area (Å²) in [7, 11) is 1.75. The van der Waals surface area contributed by atoms with Gasteiger partial charge in [-0.1, -0.05) is 30.3 Å². The Morgan fingerprint density at radius 2 is 1.96 bits per heavy atom. The van der Waals surface area contributed by atoms with Crippen molar-refractivity contribution in [2.24, 2.45) is 7.05 Å². The van der Waals surface area contributed by atoms with Crippen LogP contribution in [0.3, 0.4) is 0 Å². The second-order valence-electron chi connectivity index (χ2n) is 5.21. The zero-order valence-corrected chi connectivity index (χ0v) is 13.9. The van der Waals surface area contributed by atoms with E-state index < -0.39 is 5.97 Å². The van der Waals surface area contributed by atoms with Gasteiger partial charge in [0.05, 0.1) is 25.0 Å². The highest BCUT2D eigenvalue weighted by Gasteiger charge is 2.16. The molecule has 128 valence electrons. The Kier molecular flexibility index (Phi) is 6.51. The standard InChI is InChI=1S/C17H22N4O3/c1-3-24-17(23)14-10-20-21(2)15(14)11-18-12-16(22)19-9-13-7-5-4-6-8-13/h4-8,10,18H,3,9,11-12H2,1-2H3,(H,19,22). The molecular formula is C17H22N4O3. The second-order valence-corrected chi connectivity index (χ2v) is 5.21. The van der Waals surface area contributed by atoms with Crippen molar-refractivity contribution in [1.29, 1.82) is 0 Å². The lowest BCUT2D eigenvalue weighted by molar-refractivity contribution is -0.120. The molecule has 0 atom stereocenters. The molecule has 0 fully saturated rings. The van der Waals surface area contributed by atoms with Gasteiger partial charge >= 0.3 is 5.97 Å². The lowest BCUT2D eigenvalue weighted by atomic mass is 10.2. The molecule has 7 nitrogen and oxygen atoms in total. The molecule has 0 aliphatic carbocycles. The molecule has 1 aromatic heterocycles. The van der Waals surface area contributed by atoms with E-state index in [1.807, 2.05) is 30.3 Å². The van der Waals surface area contributed by atoms with Crippen molar-refractivity contribution in [3.63, 3.8) is 0 Å². The van der Waals surface area contributed by atoms with E-state index in [9.17, 15) is 9.59 Å². The molecular weight excluding hydrogens is 308 g/mol. The van der Waals surface area contributed by atoms with Gasteiger partial charge in [0.2, 0.25) is 5.91 Å². The minimum atomic E-state index is -0.407. The maximum absolute atomic E-state index is 11.9. The Hall–Kier alpha value is -2.67. The van der Waals surface area contributed by atoms with Gasteiger partial charge in [0, 0.05) is 20.1 Å². The molecule has 7 heteroatoms. The van der Waals surface area contributed by atoms with Gasteiger partial charge in [-0.2, -0.15) is 5.10 Å². The maximum Gasteiger partial charge on any atom is 0.341 e. The van der Waals surface area contributed by atoms with Crippen LogP contribution in [0.5, 0.6) is 0 Å². The number of carbonyl (C=O) groups excluding carboxylic acids is 2. The van der Waals surface area contributed by atoms with Crippen molar-refractivity contribution < 1.29 is 14.3 Å². The molecule has 2 aromatic rings. The molecule has 24 heavy (non-hydrogen) atoms. The average Bonchev–Trinajstić information content (AvgIpc) is 2.95. The van der Waals surface area contributed by atoms with E-state index in [-0.39, 0.29) is 12.5 Å². The van der Waals surface area contributed by atoms with Crippen molar-refractivity contribution in [3.05, 3.63) is 53.3 Å². The summed E-state index contributed by atoms with van der Waals surface area (Å²) in [4.78, 5) is 23.7. The van der Waals surface area contributed by atoms with Gasteiger partial charge in [-0.25, -0.2) is 4.79 Å². The molecule has 0 saturated carbocycles. The Balaban J connectivity index is 1.80. The van der Waals surface area contributed by atoms with E-state index in [1.165, 1.54) is 6.20 Å². The van der Waals surface area contributed by atoms with Crippen LogP contribution in [0.1, 0.15) is 28.5 Å². The minimum Gasteiger partial charge on any atom is -0.462 e. The third-order valence-electron chi connectivity index (χ3n) is 3.47. The van der Waals surface area contributed by atoms with Crippen LogP contribution >= 0.6 is 0 Å². The molecule has 1 heterocycles. The number of hydrogen-bond acceptors (Lipinski definition) is 5. The number of benzene rings is 1. The summed E-state index contributed by atoms with van der Waals surface area (Å²) >= 11 is 0. The SMILES string of the molecule is CCOC(=O)c1cnn(C)c1CNCC(=O)NCc1ccccc1. The van der Waals surface area contributed by atoms with Gasteiger partial charge in [-0.15, -0.1) is 0 Å². The first-order valence-corrected chi connectivity index (χ1v) is 7.81. The fourth-order valence-electron chi connectivity index (χ4n) is 2.21. The van der Waals surface area contributed by atoms with Gasteiger partial charge in [-0.05, 0) is 12.5 Å². The molecule has 1 aromatic carbocycles. The number of hydrogen-bond donors (Lipinski definition) is 2. The smallest absolute Gasteiger partial charge is 0.341 e. The normalized spacial score (nSPS) is 10.4. The summed E-state index contributed by atoms with van der Waals surface area (Å²) in [6, 6.07) is 9.70. The zero-order valence-electron chi connectivity index (χ0n) is 13.9. The van der Waals surface area contributed by atoms with Crippen LogP contribution in [0.25, 0.3) is 0 Å². The van der Waals surface area contributed by atoms with Gasteiger partial charge in [0.1, 0.15) is 5.56 Å². The number of carbonyl (C=O) groups is 2. The van der Waals surface area contributed by atoms with E-state index in [0.29, 0.717) is 31.0 Å². The van der Waals surface area contributed by atoms with Gasteiger partial charge in [0.25, 0.3) is 0 Å². The van der Waals surface area contributed by atoms with Crippen LogP contribution < -0.4 is 10.6 Å². The summed E-state index contributed by atoms with van der Waals surface area (Å²) in [5.41, 5.74) is 2.14. The zero-order chi connectivity index (χ0) is 17.4. The second kappa shape index (κ2) is 8.83. The van der Waals surface area contributed by atoms with Gasteiger partial charge < -0.3 is 15.4 Å². The number of ether oxygens (including phenoxy) is 1. The highest BCUT2D eigenvalue weighted by atomic mass is 16.5. The number of aryl methyl sites for hydroxylation is 1. The molecule has 0 radical (unpaired) electrons. The van der Waals surface area contributed by atoms with Gasteiger partial charge in [-0.3, -0.25) is 9.48 Å². The summed E-state index contributed by atoms with van der Waals surface area (Å²) in [5, 5.41) is 9.93. The van der Waals surface area contributed by atoms with Crippen LogP contribution in [0.2, 0.25) is 0 Å². The van der Waals surface area contributed by atoms with Crippen molar-refractivity contribution in [2.75, 3.05) is 13.2 Å². The molecule has 0 aliphatic heterocycles. The minimum absolute atomic E-state index is 0.112. The molecule has 0 spiro atoms. The van der Waals surface area contributed by atoms with Crippen LogP contribution in [-0.2, 0) is 29.7 Å². The van der Waals surface area contributed by atoms with Crippen molar-refractivity contribution >= 4 is 11.9 Å². The number of nitrogens with one attached hydrogen (secondary N) is 2. The molecule has 0 saturated heterocycles. The number of amides is 1. The van der Waals surface area contributed by atoms with E-state index in [4.69, 9.17) is 4.74 Å². The van der Waals surface area contributed by atoms with E-state index in [1.54, 1.807) is 18.7 Å². The first kappa shape index (κ1) is 17.7. The highest BCUT2D eigenvalue weighted by Crippen LogP contribution is 2.09. The third-order valence-corrected chi connectivity index (χ3v) is 3.47. The largest absolute Gasteiger partial charge is 0.462 e. The highest BCUT2D eigenvalue weighted by molar-refractivity contribution is 5.90. The summed E-state index contributed by atoms with van der Waals surface area (Å²) in [6.45, 7) is 3.05. The van der Waals surface area contributed by atoms with Crippen molar-refractivity contribution in [3.8, 4) is 0 Å². The Morgan fingerprint density at radius 3 is 2.67 bits per heavy atom. The fourth-order valence-corrected chi connectivity index (χ4v) is 2.21. The van der Waals surface area contributed by atoms with Crippen LogP contribution in [0.4, 0.5) is 0 Å². The van der Waals surface area contributed by atoms with Crippen molar-refractivity contribution in [2.45, 2.75) is 20.0 Å². The van der Waals surface area contributed by atoms with Crippen LogP contribution in [-0.4, -0.2) is 34.8 Å². The molecule has 0 aliphatic rings. The molecule has 1 amide bonds. The first-order chi connectivity index (χ1) is 11.6. The van der Waals surface area contributed by atoms with Crippen molar-refractivity contribution in [1.82, 2.24) is 20.4 Å². The predicted molar refractivity (Wildman–Crippen MR) is 89.2 cm³/mol. The van der Waals surface area contributed by atoms with Crippen LogP contribution in [0.15, 0.2) is 36.5 Å². The number of aromatic nitrogens is 2. The summed E-state index contributed by atoms with van der Waals surface area (Å²) in [6.07, 6.45) is 1.48. The Bertz CT molecular complexity index is 682. The Morgan fingerprint density at radius 1 is 1.21 bits per heavy atom. The van der Waals surface area contributed by atoms with Crippen LogP contribution in [0, 0.1) is 0 Å². The van der Waals surface area contributed by atoms with E-state index in [2.05, 4.69) is 15.7 Å². The number of rotatable bonds is 8. The molecule has 2 rings (SSSR count). The quantitative estimate of drug-likeness (QED) is 0.706. The molecule has 0 bridgehead atoms. The van der Waals surface area contributed by atoms with Gasteiger partial charge in [0.15, 0.2) is 0 Å². The summed E-state index contributed by atoms with van der Waals surface area (Å²) < 4.78 is 6.60.